The number of aryl methyl sites for hydroxylation is 2. The molecule has 0 bridgehead atoms. The number of aromatic nitrogens is 1. The van der Waals surface area contributed by atoms with Crippen LogP contribution in [0.15, 0.2) is 4.52 Å². The molecule has 8 nitrogen and oxygen atoms in total. The van der Waals surface area contributed by atoms with Gasteiger partial charge in [0.15, 0.2) is 0 Å². The Balaban J connectivity index is 1.28. The lowest BCUT2D eigenvalue weighted by Crippen LogP contribution is -2.51. The SMILES string of the molecule is Cc1noc(C)c1CC(=O)N1CCC2(CC1)CC(CC(=O)N1CCOCC1)CCO2. The van der Waals surface area contributed by atoms with Gasteiger partial charge in [-0.2, -0.15) is 0 Å². The Labute approximate surface area is 177 Å². The van der Waals surface area contributed by atoms with E-state index in [1.165, 1.54) is 0 Å². The topological polar surface area (TPSA) is 85.1 Å². The van der Waals surface area contributed by atoms with Crippen molar-refractivity contribution in [1.29, 1.82) is 0 Å². The third-order valence-corrected chi connectivity index (χ3v) is 6.96. The van der Waals surface area contributed by atoms with Gasteiger partial charge in [0.2, 0.25) is 11.8 Å². The summed E-state index contributed by atoms with van der Waals surface area (Å²) in [5, 5.41) is 3.94. The Bertz CT molecular complexity index is 743. The van der Waals surface area contributed by atoms with Crippen LogP contribution in [0.5, 0.6) is 0 Å². The summed E-state index contributed by atoms with van der Waals surface area (Å²) >= 11 is 0. The highest BCUT2D eigenvalue weighted by Gasteiger charge is 2.42. The molecule has 8 heteroatoms. The number of hydrogen-bond acceptors (Lipinski definition) is 6. The van der Waals surface area contributed by atoms with Crippen LogP contribution in [0.4, 0.5) is 0 Å². The highest BCUT2D eigenvalue weighted by molar-refractivity contribution is 5.79. The molecule has 1 aromatic rings. The summed E-state index contributed by atoms with van der Waals surface area (Å²) in [6, 6.07) is 0. The summed E-state index contributed by atoms with van der Waals surface area (Å²) in [5.74, 6) is 1.44. The minimum atomic E-state index is -0.186. The van der Waals surface area contributed by atoms with E-state index in [9.17, 15) is 9.59 Å². The zero-order valence-electron chi connectivity index (χ0n) is 18.2. The van der Waals surface area contributed by atoms with E-state index in [0.717, 1.165) is 42.7 Å². The van der Waals surface area contributed by atoms with Gasteiger partial charge in [0, 0.05) is 44.8 Å². The number of morpholine rings is 1. The van der Waals surface area contributed by atoms with E-state index in [1.807, 2.05) is 23.6 Å². The quantitative estimate of drug-likeness (QED) is 0.741. The van der Waals surface area contributed by atoms with Crippen molar-refractivity contribution in [3.63, 3.8) is 0 Å². The van der Waals surface area contributed by atoms with Crippen LogP contribution < -0.4 is 0 Å². The van der Waals surface area contributed by atoms with Gasteiger partial charge in [0.25, 0.3) is 0 Å². The molecule has 0 aliphatic carbocycles. The van der Waals surface area contributed by atoms with E-state index in [1.54, 1.807) is 0 Å². The molecule has 0 aromatic carbocycles. The molecule has 3 aliphatic heterocycles. The van der Waals surface area contributed by atoms with Crippen molar-refractivity contribution in [2.75, 3.05) is 46.0 Å². The second-order valence-corrected chi connectivity index (χ2v) is 8.95. The normalized spacial score (nSPS) is 24.3. The first-order chi connectivity index (χ1) is 14.5. The van der Waals surface area contributed by atoms with Crippen LogP contribution in [0.1, 0.15) is 49.1 Å². The first-order valence-electron chi connectivity index (χ1n) is 11.1. The second kappa shape index (κ2) is 9.06. The predicted octanol–water partition coefficient (Wildman–Crippen LogP) is 1.87. The van der Waals surface area contributed by atoms with Gasteiger partial charge >= 0.3 is 0 Å². The third-order valence-electron chi connectivity index (χ3n) is 6.96. The van der Waals surface area contributed by atoms with Crippen LogP contribution in [0.25, 0.3) is 0 Å². The average molecular weight is 420 g/mol. The minimum absolute atomic E-state index is 0.120. The Morgan fingerprint density at radius 2 is 1.73 bits per heavy atom. The van der Waals surface area contributed by atoms with Gasteiger partial charge in [-0.1, -0.05) is 5.16 Å². The summed E-state index contributed by atoms with van der Waals surface area (Å²) in [4.78, 5) is 29.3. The fourth-order valence-corrected chi connectivity index (χ4v) is 5.02. The van der Waals surface area contributed by atoms with Crippen molar-refractivity contribution in [3.8, 4) is 0 Å². The molecule has 0 saturated carbocycles. The van der Waals surface area contributed by atoms with Crippen molar-refractivity contribution < 1.29 is 23.6 Å². The van der Waals surface area contributed by atoms with Gasteiger partial charge in [-0.05, 0) is 45.4 Å². The summed E-state index contributed by atoms with van der Waals surface area (Å²) < 4.78 is 16.8. The van der Waals surface area contributed by atoms with Gasteiger partial charge < -0.3 is 23.8 Å². The molecule has 3 aliphatic rings. The number of likely N-dealkylation sites (tertiary alicyclic amines) is 1. The Hall–Kier alpha value is -1.93. The Morgan fingerprint density at radius 3 is 2.40 bits per heavy atom. The van der Waals surface area contributed by atoms with Crippen molar-refractivity contribution in [1.82, 2.24) is 15.0 Å². The number of rotatable bonds is 4. The number of ether oxygens (including phenoxy) is 2. The molecule has 1 atom stereocenters. The number of amides is 2. The molecule has 0 radical (unpaired) electrons. The maximum atomic E-state index is 12.8. The highest BCUT2D eigenvalue weighted by atomic mass is 16.5. The van der Waals surface area contributed by atoms with Crippen LogP contribution in [-0.4, -0.2) is 78.4 Å². The van der Waals surface area contributed by atoms with Crippen LogP contribution in [0.3, 0.4) is 0 Å². The second-order valence-electron chi connectivity index (χ2n) is 8.95. The zero-order valence-corrected chi connectivity index (χ0v) is 18.2. The molecule has 0 N–H and O–H groups in total. The third kappa shape index (κ3) is 4.70. The number of piperidine rings is 1. The van der Waals surface area contributed by atoms with E-state index < -0.39 is 0 Å². The number of carbonyl (C=O) groups excluding carboxylic acids is 2. The minimum Gasteiger partial charge on any atom is -0.378 e. The predicted molar refractivity (Wildman–Crippen MR) is 109 cm³/mol. The molecule has 166 valence electrons. The molecule has 4 rings (SSSR count). The van der Waals surface area contributed by atoms with Crippen LogP contribution in [0.2, 0.25) is 0 Å². The number of carbonyl (C=O) groups is 2. The molecule has 1 aromatic heterocycles. The lowest BCUT2D eigenvalue weighted by molar-refractivity contribution is -0.150. The summed E-state index contributed by atoms with van der Waals surface area (Å²) in [6.07, 6.45) is 4.46. The molecule has 2 amide bonds. The first-order valence-corrected chi connectivity index (χ1v) is 11.1. The maximum Gasteiger partial charge on any atom is 0.227 e. The summed E-state index contributed by atoms with van der Waals surface area (Å²) in [6.45, 7) is 8.51. The van der Waals surface area contributed by atoms with Crippen molar-refractivity contribution in [2.24, 2.45) is 5.92 Å². The van der Waals surface area contributed by atoms with Crippen molar-refractivity contribution in [2.45, 2.75) is 58.0 Å². The monoisotopic (exact) mass is 419 g/mol. The fourth-order valence-electron chi connectivity index (χ4n) is 5.02. The van der Waals surface area contributed by atoms with Crippen molar-refractivity contribution >= 4 is 11.8 Å². The lowest BCUT2D eigenvalue weighted by Gasteiger charge is -2.46. The van der Waals surface area contributed by atoms with Crippen LogP contribution >= 0.6 is 0 Å². The van der Waals surface area contributed by atoms with Gasteiger partial charge in [-0.15, -0.1) is 0 Å². The Morgan fingerprint density at radius 1 is 1.03 bits per heavy atom. The highest BCUT2D eigenvalue weighted by Crippen LogP contribution is 2.39. The largest absolute Gasteiger partial charge is 0.378 e. The molecule has 3 fully saturated rings. The summed E-state index contributed by atoms with van der Waals surface area (Å²) in [5.41, 5.74) is 1.50. The van der Waals surface area contributed by atoms with Crippen molar-refractivity contribution in [3.05, 3.63) is 17.0 Å². The van der Waals surface area contributed by atoms with E-state index in [4.69, 9.17) is 14.0 Å². The molecule has 3 saturated heterocycles. The van der Waals surface area contributed by atoms with Gasteiger partial charge in [-0.3, -0.25) is 9.59 Å². The number of nitrogens with zero attached hydrogens (tertiary/aromatic N) is 3. The smallest absolute Gasteiger partial charge is 0.227 e. The lowest BCUT2D eigenvalue weighted by atomic mass is 9.78. The van der Waals surface area contributed by atoms with Crippen LogP contribution in [-0.2, 0) is 25.5 Å². The van der Waals surface area contributed by atoms with E-state index in [2.05, 4.69) is 5.16 Å². The molecule has 30 heavy (non-hydrogen) atoms. The van der Waals surface area contributed by atoms with E-state index in [-0.39, 0.29) is 17.4 Å². The summed E-state index contributed by atoms with van der Waals surface area (Å²) in [7, 11) is 0. The molecular formula is C22H33N3O5. The van der Waals surface area contributed by atoms with Gasteiger partial charge in [-0.25, -0.2) is 0 Å². The molecule has 1 unspecified atom stereocenters. The van der Waals surface area contributed by atoms with E-state index in [0.29, 0.717) is 64.8 Å². The zero-order chi connectivity index (χ0) is 21.1. The maximum absolute atomic E-state index is 12.8. The molecular weight excluding hydrogens is 386 g/mol. The fraction of sp³-hybridized carbons (Fsp3) is 0.773. The molecule has 4 heterocycles. The van der Waals surface area contributed by atoms with Crippen LogP contribution in [0, 0.1) is 19.8 Å². The standard InChI is InChI=1S/C22H33N3O5/c1-16-19(17(2)30-23-16)14-21(27)24-6-4-22(5-7-24)15-18(3-10-29-22)13-20(26)25-8-11-28-12-9-25/h18H,3-15H2,1-2H3. The van der Waals surface area contributed by atoms with E-state index >= 15 is 0 Å². The van der Waals surface area contributed by atoms with Gasteiger partial charge in [0.1, 0.15) is 5.76 Å². The Kier molecular flexibility index (Phi) is 6.43. The molecule has 1 spiro atoms. The first kappa shape index (κ1) is 21.3. The average Bonchev–Trinajstić information content (AvgIpc) is 3.07. The number of hydrogen-bond donors (Lipinski definition) is 0. The van der Waals surface area contributed by atoms with Gasteiger partial charge in [0.05, 0.1) is 30.9 Å².